The molecule has 1 aromatic rings. The normalized spacial score (nSPS) is 26.1. The maximum atomic E-state index is 15.1. The lowest BCUT2D eigenvalue weighted by molar-refractivity contribution is 0.0110. The van der Waals surface area contributed by atoms with E-state index in [0.29, 0.717) is 23.9 Å². The topological polar surface area (TPSA) is 60.4 Å². The number of nitrogens with zero attached hydrogens (tertiary/aromatic N) is 2. The quantitative estimate of drug-likeness (QED) is 0.188. The summed E-state index contributed by atoms with van der Waals surface area (Å²) < 4.78 is 32.9. The minimum Gasteiger partial charge on any atom is -0.443 e. The number of thioether (sulfide) groups is 1. The molecule has 0 spiro atoms. The average Bonchev–Trinajstić information content (AvgIpc) is 3.43. The van der Waals surface area contributed by atoms with E-state index in [-0.39, 0.29) is 23.2 Å². The van der Waals surface area contributed by atoms with E-state index in [4.69, 9.17) is 19.2 Å². The SMILES string of the molecule is COC[C@]12CC1[C@@](C)(c1cc(Br)ccc1F)N=C(N(COCC[Si](C)(C)C)C(=O)OC(C)(C)C)S2. The molecule has 10 heteroatoms. The van der Waals surface area contributed by atoms with Gasteiger partial charge in [0, 0.05) is 37.7 Å². The van der Waals surface area contributed by atoms with Crippen molar-refractivity contribution in [3.8, 4) is 0 Å². The van der Waals surface area contributed by atoms with Crippen LogP contribution in [0.25, 0.3) is 0 Å². The highest BCUT2D eigenvalue weighted by atomic mass is 79.9. The maximum Gasteiger partial charge on any atom is 0.418 e. The van der Waals surface area contributed by atoms with Crippen molar-refractivity contribution in [1.29, 1.82) is 0 Å². The summed E-state index contributed by atoms with van der Waals surface area (Å²) in [7, 11) is 0.367. The van der Waals surface area contributed by atoms with E-state index in [2.05, 4.69) is 35.6 Å². The molecule has 1 unspecified atom stereocenters. The van der Waals surface area contributed by atoms with E-state index < -0.39 is 25.3 Å². The molecule has 2 aliphatic rings. The number of hydrogen-bond acceptors (Lipinski definition) is 6. The monoisotopic (exact) mass is 588 g/mol. The number of fused-ring (bicyclic) bond motifs is 1. The summed E-state index contributed by atoms with van der Waals surface area (Å²) in [6, 6.07) is 5.89. The molecule has 3 atom stereocenters. The summed E-state index contributed by atoms with van der Waals surface area (Å²) in [6.45, 7) is 15.3. The second kappa shape index (κ2) is 10.4. The van der Waals surface area contributed by atoms with Crippen LogP contribution in [0.1, 0.15) is 39.7 Å². The van der Waals surface area contributed by atoms with Crippen molar-refractivity contribution in [2.24, 2.45) is 10.9 Å². The number of carbonyl (C=O) groups excluding carboxylic acids is 1. The molecule has 35 heavy (non-hydrogen) atoms. The van der Waals surface area contributed by atoms with Crippen LogP contribution in [0, 0.1) is 11.7 Å². The highest BCUT2D eigenvalue weighted by molar-refractivity contribution is 9.10. The summed E-state index contributed by atoms with van der Waals surface area (Å²) in [5.74, 6) is -0.250. The summed E-state index contributed by atoms with van der Waals surface area (Å²) in [6.07, 6.45) is 0.278. The van der Waals surface area contributed by atoms with Gasteiger partial charge in [0.2, 0.25) is 0 Å². The molecule has 6 nitrogen and oxygen atoms in total. The molecule has 0 bridgehead atoms. The van der Waals surface area contributed by atoms with Crippen molar-refractivity contribution in [3.63, 3.8) is 0 Å². The minimum absolute atomic E-state index is 0.0238. The van der Waals surface area contributed by atoms with Crippen molar-refractivity contribution in [2.45, 2.75) is 75.7 Å². The van der Waals surface area contributed by atoms with Crippen LogP contribution in [0.2, 0.25) is 25.7 Å². The first-order chi connectivity index (χ1) is 16.1. The molecule has 196 valence electrons. The Bertz CT molecular complexity index is 983. The Kier molecular flexibility index (Phi) is 8.53. The molecular formula is C25H38BrFN2O4SSi. The number of rotatable bonds is 8. The standard InChI is InChI=1S/C25H38BrFN2O4SSi/c1-23(2,3)33-22(30)29(16-32-11-12-35(6,7)8)21-28-24(4,18-13-17(26)9-10-19(18)27)20-14-25(20,34-21)15-31-5/h9-10,13,20H,11-12,14-16H2,1-8H3/t20?,24-,25-/m1/s1. The van der Waals surface area contributed by atoms with Gasteiger partial charge in [-0.05, 0) is 58.4 Å². The highest BCUT2D eigenvalue weighted by Crippen LogP contribution is 2.66. The maximum absolute atomic E-state index is 15.1. The summed E-state index contributed by atoms with van der Waals surface area (Å²) in [5.41, 5.74) is -1.05. The lowest BCUT2D eigenvalue weighted by atomic mass is 9.86. The van der Waals surface area contributed by atoms with Gasteiger partial charge in [0.1, 0.15) is 18.1 Å². The Morgan fingerprint density at radius 2 is 2.03 bits per heavy atom. The molecule has 1 saturated carbocycles. The van der Waals surface area contributed by atoms with Gasteiger partial charge in [-0.2, -0.15) is 0 Å². The minimum atomic E-state index is -1.30. The van der Waals surface area contributed by atoms with Gasteiger partial charge < -0.3 is 14.2 Å². The van der Waals surface area contributed by atoms with Crippen LogP contribution in [0.3, 0.4) is 0 Å². The first-order valence-corrected chi connectivity index (χ1v) is 17.2. The predicted molar refractivity (Wildman–Crippen MR) is 146 cm³/mol. The molecule has 1 heterocycles. The highest BCUT2D eigenvalue weighted by Gasteiger charge is 2.67. The van der Waals surface area contributed by atoms with E-state index in [9.17, 15) is 4.79 Å². The van der Waals surface area contributed by atoms with Gasteiger partial charge in [0.25, 0.3) is 0 Å². The fraction of sp³-hybridized carbons (Fsp3) is 0.680. The van der Waals surface area contributed by atoms with Gasteiger partial charge >= 0.3 is 6.09 Å². The average molecular weight is 590 g/mol. The van der Waals surface area contributed by atoms with Crippen LogP contribution in [0.5, 0.6) is 0 Å². The van der Waals surface area contributed by atoms with E-state index in [1.165, 1.54) is 22.7 Å². The summed E-state index contributed by atoms with van der Waals surface area (Å²) >= 11 is 4.99. The first kappa shape index (κ1) is 28.6. The number of hydrogen-bond donors (Lipinski definition) is 0. The zero-order valence-corrected chi connectivity index (χ0v) is 25.4. The van der Waals surface area contributed by atoms with E-state index >= 15 is 4.39 Å². The van der Waals surface area contributed by atoms with E-state index in [1.54, 1.807) is 19.2 Å². The molecule has 3 rings (SSSR count). The molecule has 0 N–H and O–H groups in total. The number of benzene rings is 1. The molecule has 1 aliphatic heterocycles. The number of methoxy groups -OCH3 is 1. The van der Waals surface area contributed by atoms with Crippen LogP contribution in [-0.4, -0.2) is 61.6 Å². The zero-order valence-electron chi connectivity index (χ0n) is 22.0. The third kappa shape index (κ3) is 6.88. The Morgan fingerprint density at radius 1 is 1.34 bits per heavy atom. The van der Waals surface area contributed by atoms with Crippen molar-refractivity contribution >= 4 is 47.0 Å². The second-order valence-corrected chi connectivity index (χ2v) is 19.7. The number of halogens is 2. The van der Waals surface area contributed by atoms with Crippen molar-refractivity contribution in [2.75, 3.05) is 27.1 Å². The Labute approximate surface area is 222 Å². The number of carbonyl (C=O) groups is 1. The third-order valence-electron chi connectivity index (χ3n) is 6.25. The van der Waals surface area contributed by atoms with Gasteiger partial charge in [0.15, 0.2) is 5.17 Å². The fourth-order valence-corrected chi connectivity index (χ4v) is 7.06. The Balaban J connectivity index is 2.00. The Hall–Kier alpha value is -0.943. The molecular weight excluding hydrogens is 551 g/mol. The zero-order chi connectivity index (χ0) is 26.2. The van der Waals surface area contributed by atoms with Gasteiger partial charge in [-0.3, -0.25) is 4.99 Å². The van der Waals surface area contributed by atoms with Gasteiger partial charge in [-0.15, -0.1) is 0 Å². The van der Waals surface area contributed by atoms with Crippen LogP contribution < -0.4 is 0 Å². The van der Waals surface area contributed by atoms with E-state index in [1.807, 2.05) is 27.7 Å². The molecule has 0 aromatic heterocycles. The molecule has 1 aromatic carbocycles. The fourth-order valence-electron chi connectivity index (χ4n) is 4.31. The third-order valence-corrected chi connectivity index (χ3v) is 9.92. The lowest BCUT2D eigenvalue weighted by Crippen LogP contribution is -2.46. The molecule has 1 fully saturated rings. The van der Waals surface area contributed by atoms with E-state index in [0.717, 1.165) is 16.9 Å². The van der Waals surface area contributed by atoms with Crippen LogP contribution in [-0.2, 0) is 19.7 Å². The van der Waals surface area contributed by atoms with Gasteiger partial charge in [0.05, 0.1) is 16.9 Å². The van der Waals surface area contributed by atoms with Gasteiger partial charge in [-0.25, -0.2) is 14.1 Å². The smallest absolute Gasteiger partial charge is 0.418 e. The summed E-state index contributed by atoms with van der Waals surface area (Å²) in [5, 5.41) is 0.472. The van der Waals surface area contributed by atoms with Crippen molar-refractivity contribution in [3.05, 3.63) is 34.1 Å². The number of ether oxygens (including phenoxy) is 3. The van der Waals surface area contributed by atoms with Crippen LogP contribution in [0.15, 0.2) is 27.7 Å². The second-order valence-electron chi connectivity index (χ2n) is 11.8. The van der Waals surface area contributed by atoms with Gasteiger partial charge in [-0.1, -0.05) is 47.3 Å². The Morgan fingerprint density at radius 3 is 2.63 bits per heavy atom. The van der Waals surface area contributed by atoms with Crippen LogP contribution >= 0.6 is 27.7 Å². The number of aliphatic imine (C=N–C) groups is 1. The first-order valence-electron chi connectivity index (χ1n) is 11.9. The molecule has 0 radical (unpaired) electrons. The molecule has 1 aliphatic carbocycles. The number of amides is 1. The predicted octanol–water partition coefficient (Wildman–Crippen LogP) is 6.86. The molecule has 1 amide bonds. The van der Waals surface area contributed by atoms with Crippen LogP contribution in [0.4, 0.5) is 9.18 Å². The molecule has 0 saturated heterocycles. The number of amidine groups is 1. The van der Waals surface area contributed by atoms with Crippen molar-refractivity contribution in [1.82, 2.24) is 4.90 Å². The largest absolute Gasteiger partial charge is 0.443 e. The summed E-state index contributed by atoms with van der Waals surface area (Å²) in [4.78, 5) is 19.8. The lowest BCUT2D eigenvalue weighted by Gasteiger charge is -2.38. The van der Waals surface area contributed by atoms with Crippen molar-refractivity contribution < 1.29 is 23.4 Å².